The highest BCUT2D eigenvalue weighted by molar-refractivity contribution is 5.83. The lowest BCUT2D eigenvalue weighted by Gasteiger charge is -2.30. The fourth-order valence-electron chi connectivity index (χ4n) is 4.52. The van der Waals surface area contributed by atoms with E-state index in [0.717, 1.165) is 51.7 Å². The molecule has 1 aliphatic heterocycles. The van der Waals surface area contributed by atoms with Gasteiger partial charge in [-0.3, -0.25) is 4.79 Å². The van der Waals surface area contributed by atoms with E-state index in [9.17, 15) is 4.79 Å². The Morgan fingerprint density at radius 3 is 2.30 bits per heavy atom. The van der Waals surface area contributed by atoms with Gasteiger partial charge in [0.05, 0.1) is 5.92 Å². The minimum atomic E-state index is -0.148. The standard InChI is InChI=1S/C24H28N2O/c25-24(27)20-9-5-15-26(17-20)16-6-12-23-21-10-3-1-7-18(21)13-14-19-8-2-4-11-22(19)23/h1-4,7-8,10-12,20H,5-6,9,13-17H2,(H2,25,27)/t20-/m0/s1. The Bertz CT molecular complexity index is 805. The van der Waals surface area contributed by atoms with Crippen molar-refractivity contribution >= 4 is 11.5 Å². The first-order valence-corrected chi connectivity index (χ1v) is 10.1. The van der Waals surface area contributed by atoms with Gasteiger partial charge in [-0.2, -0.15) is 0 Å². The third-order valence-corrected chi connectivity index (χ3v) is 5.98. The molecule has 4 rings (SSSR count). The zero-order valence-corrected chi connectivity index (χ0v) is 15.9. The lowest BCUT2D eigenvalue weighted by Crippen LogP contribution is -2.41. The number of fused-ring (bicyclic) bond motifs is 2. The first kappa shape index (κ1) is 18.0. The van der Waals surface area contributed by atoms with E-state index in [2.05, 4.69) is 59.5 Å². The number of likely N-dealkylation sites (tertiary alicyclic amines) is 1. The minimum Gasteiger partial charge on any atom is -0.369 e. The molecule has 1 fully saturated rings. The van der Waals surface area contributed by atoms with Crippen LogP contribution >= 0.6 is 0 Å². The molecule has 1 heterocycles. The summed E-state index contributed by atoms with van der Waals surface area (Å²) in [6.45, 7) is 2.86. The summed E-state index contributed by atoms with van der Waals surface area (Å²) in [5.41, 5.74) is 12.5. The molecule has 3 nitrogen and oxygen atoms in total. The molecule has 1 amide bonds. The Hall–Kier alpha value is -2.39. The molecule has 0 radical (unpaired) electrons. The number of rotatable bonds is 4. The Kier molecular flexibility index (Phi) is 5.40. The summed E-state index contributed by atoms with van der Waals surface area (Å²) in [6, 6.07) is 17.6. The van der Waals surface area contributed by atoms with Crippen molar-refractivity contribution in [2.24, 2.45) is 11.7 Å². The van der Waals surface area contributed by atoms with Crippen LogP contribution in [0.4, 0.5) is 0 Å². The molecule has 27 heavy (non-hydrogen) atoms. The van der Waals surface area contributed by atoms with Crippen molar-refractivity contribution in [3.05, 3.63) is 76.9 Å². The normalized spacial score (nSPS) is 19.7. The molecular weight excluding hydrogens is 332 g/mol. The first-order chi connectivity index (χ1) is 13.2. The average molecular weight is 361 g/mol. The van der Waals surface area contributed by atoms with E-state index in [-0.39, 0.29) is 11.8 Å². The van der Waals surface area contributed by atoms with Gasteiger partial charge in [-0.25, -0.2) is 0 Å². The number of carbonyl (C=O) groups is 1. The number of primary amides is 1. The van der Waals surface area contributed by atoms with Crippen LogP contribution in [0.3, 0.4) is 0 Å². The van der Waals surface area contributed by atoms with Gasteiger partial charge in [0.1, 0.15) is 0 Å². The fourth-order valence-corrected chi connectivity index (χ4v) is 4.52. The van der Waals surface area contributed by atoms with E-state index in [0.29, 0.717) is 0 Å². The van der Waals surface area contributed by atoms with E-state index in [1.54, 1.807) is 0 Å². The summed E-state index contributed by atoms with van der Waals surface area (Å²) >= 11 is 0. The maximum Gasteiger partial charge on any atom is 0.221 e. The molecule has 1 saturated heterocycles. The van der Waals surface area contributed by atoms with Crippen LogP contribution in [0, 0.1) is 5.92 Å². The van der Waals surface area contributed by atoms with Crippen LogP contribution in [0.2, 0.25) is 0 Å². The summed E-state index contributed by atoms with van der Waals surface area (Å²) in [5.74, 6) is -0.129. The van der Waals surface area contributed by atoms with E-state index >= 15 is 0 Å². The summed E-state index contributed by atoms with van der Waals surface area (Å²) in [4.78, 5) is 13.9. The van der Waals surface area contributed by atoms with Gasteiger partial charge in [-0.05, 0) is 66.5 Å². The quantitative estimate of drug-likeness (QED) is 0.901. The smallest absolute Gasteiger partial charge is 0.221 e. The van der Waals surface area contributed by atoms with E-state index in [4.69, 9.17) is 5.73 Å². The molecule has 2 aliphatic rings. The number of amides is 1. The Morgan fingerprint density at radius 2 is 1.67 bits per heavy atom. The van der Waals surface area contributed by atoms with Gasteiger partial charge < -0.3 is 10.6 Å². The monoisotopic (exact) mass is 360 g/mol. The van der Waals surface area contributed by atoms with E-state index < -0.39 is 0 Å². The Morgan fingerprint density at radius 1 is 1.04 bits per heavy atom. The molecule has 0 aromatic heterocycles. The van der Waals surface area contributed by atoms with Crippen molar-refractivity contribution in [2.45, 2.75) is 32.1 Å². The van der Waals surface area contributed by atoms with Crippen LogP contribution in [0.25, 0.3) is 5.57 Å². The van der Waals surface area contributed by atoms with Gasteiger partial charge >= 0.3 is 0 Å². The summed E-state index contributed by atoms with van der Waals surface area (Å²) < 4.78 is 0. The summed E-state index contributed by atoms with van der Waals surface area (Å²) in [5, 5.41) is 0. The molecule has 0 spiro atoms. The number of nitrogens with zero attached hydrogens (tertiary/aromatic N) is 1. The van der Waals surface area contributed by atoms with Gasteiger partial charge in [0.25, 0.3) is 0 Å². The zero-order valence-electron chi connectivity index (χ0n) is 15.9. The lowest BCUT2D eigenvalue weighted by atomic mass is 9.93. The highest BCUT2D eigenvalue weighted by atomic mass is 16.1. The SMILES string of the molecule is NC(=O)[C@H]1CCCN(CCC=C2c3ccccc3CCc3ccccc32)C1. The van der Waals surface area contributed by atoms with Crippen molar-refractivity contribution in [2.75, 3.05) is 19.6 Å². The molecular formula is C24H28N2O. The zero-order chi connectivity index (χ0) is 18.6. The first-order valence-electron chi connectivity index (χ1n) is 10.1. The molecule has 2 N–H and O–H groups in total. The number of nitrogens with two attached hydrogens (primary N) is 1. The number of benzene rings is 2. The predicted octanol–water partition coefficient (Wildman–Crippen LogP) is 3.80. The summed E-state index contributed by atoms with van der Waals surface area (Å²) in [7, 11) is 0. The second-order valence-electron chi connectivity index (χ2n) is 7.76. The van der Waals surface area contributed by atoms with Crippen LogP contribution in [0.5, 0.6) is 0 Å². The Balaban J connectivity index is 1.56. The number of hydrogen-bond acceptors (Lipinski definition) is 2. The van der Waals surface area contributed by atoms with E-state index in [1.165, 1.54) is 27.8 Å². The second-order valence-corrected chi connectivity index (χ2v) is 7.76. The number of piperidine rings is 1. The molecule has 2 aromatic carbocycles. The van der Waals surface area contributed by atoms with Crippen molar-refractivity contribution in [3.63, 3.8) is 0 Å². The third kappa shape index (κ3) is 3.98. The maximum atomic E-state index is 11.5. The highest BCUT2D eigenvalue weighted by Gasteiger charge is 2.23. The molecule has 2 aromatic rings. The maximum absolute atomic E-state index is 11.5. The predicted molar refractivity (Wildman–Crippen MR) is 110 cm³/mol. The van der Waals surface area contributed by atoms with Gasteiger partial charge in [0.15, 0.2) is 0 Å². The van der Waals surface area contributed by atoms with Crippen LogP contribution in [0.15, 0.2) is 54.6 Å². The average Bonchev–Trinajstić information content (AvgIpc) is 2.86. The third-order valence-electron chi connectivity index (χ3n) is 5.98. The molecule has 0 bridgehead atoms. The van der Waals surface area contributed by atoms with Crippen molar-refractivity contribution < 1.29 is 4.79 Å². The van der Waals surface area contributed by atoms with Crippen LogP contribution < -0.4 is 5.73 Å². The van der Waals surface area contributed by atoms with Gasteiger partial charge in [0, 0.05) is 13.1 Å². The number of hydrogen-bond donors (Lipinski definition) is 1. The summed E-state index contributed by atoms with van der Waals surface area (Å²) in [6.07, 6.45) is 7.58. The fraction of sp³-hybridized carbons (Fsp3) is 0.375. The van der Waals surface area contributed by atoms with Crippen LogP contribution in [0.1, 0.15) is 41.5 Å². The van der Waals surface area contributed by atoms with Crippen LogP contribution in [-0.2, 0) is 17.6 Å². The molecule has 0 unspecified atom stereocenters. The highest BCUT2D eigenvalue weighted by Crippen LogP contribution is 2.33. The number of carbonyl (C=O) groups excluding carboxylic acids is 1. The molecule has 1 atom stereocenters. The van der Waals surface area contributed by atoms with E-state index in [1.807, 2.05) is 0 Å². The Labute approximate surface area is 161 Å². The van der Waals surface area contributed by atoms with Crippen molar-refractivity contribution in [1.29, 1.82) is 0 Å². The van der Waals surface area contributed by atoms with Crippen molar-refractivity contribution in [1.82, 2.24) is 4.90 Å². The van der Waals surface area contributed by atoms with Crippen LogP contribution in [-0.4, -0.2) is 30.4 Å². The molecule has 3 heteroatoms. The van der Waals surface area contributed by atoms with Crippen molar-refractivity contribution in [3.8, 4) is 0 Å². The van der Waals surface area contributed by atoms with Gasteiger partial charge in [-0.15, -0.1) is 0 Å². The minimum absolute atomic E-state index is 0.0192. The largest absolute Gasteiger partial charge is 0.369 e. The van der Waals surface area contributed by atoms with Gasteiger partial charge in [0.2, 0.25) is 5.91 Å². The topological polar surface area (TPSA) is 46.3 Å². The molecule has 0 saturated carbocycles. The molecule has 1 aliphatic carbocycles. The number of aryl methyl sites for hydroxylation is 2. The van der Waals surface area contributed by atoms with Gasteiger partial charge in [-0.1, -0.05) is 54.6 Å². The molecule has 140 valence electrons. The lowest BCUT2D eigenvalue weighted by molar-refractivity contribution is -0.123. The second kappa shape index (κ2) is 8.10.